The monoisotopic (exact) mass is 299 g/mol. The van der Waals surface area contributed by atoms with Crippen molar-refractivity contribution in [3.8, 4) is 0 Å². The van der Waals surface area contributed by atoms with Crippen molar-refractivity contribution in [3.05, 3.63) is 26.1 Å². The van der Waals surface area contributed by atoms with Crippen LogP contribution in [0.15, 0.2) is 15.3 Å². The minimum absolute atomic E-state index is 0.195. The van der Waals surface area contributed by atoms with Crippen LogP contribution in [0.25, 0.3) is 0 Å². The lowest BCUT2D eigenvalue weighted by molar-refractivity contribution is -0.382. The normalized spacial score (nSPS) is 14.9. The Morgan fingerprint density at radius 2 is 2.22 bits per heavy atom. The number of hydrogen-bond acceptors (Lipinski definition) is 7. The third-order valence-electron chi connectivity index (χ3n) is 2.51. The van der Waals surface area contributed by atoms with Crippen LogP contribution in [0, 0.1) is 17.0 Å². The summed E-state index contributed by atoms with van der Waals surface area (Å²) in [6.07, 6.45) is 2.38. The number of aryl methyl sites for hydroxylation is 1. The van der Waals surface area contributed by atoms with E-state index in [0.29, 0.717) is 10.8 Å². The van der Waals surface area contributed by atoms with Crippen LogP contribution in [0.5, 0.6) is 0 Å². The first-order chi connectivity index (χ1) is 8.63. The number of nitro groups is 1. The van der Waals surface area contributed by atoms with Gasteiger partial charge in [-0.05, 0) is 37.6 Å². The predicted molar refractivity (Wildman–Crippen MR) is 71.7 cm³/mol. The van der Waals surface area contributed by atoms with Crippen molar-refractivity contribution < 1.29 is 4.92 Å². The first-order valence-corrected chi connectivity index (χ1v) is 7.84. The molecule has 0 N–H and O–H groups in total. The lowest BCUT2D eigenvalue weighted by Crippen LogP contribution is -1.84. The van der Waals surface area contributed by atoms with E-state index in [1.807, 2.05) is 13.0 Å². The predicted octanol–water partition coefficient (Wildman–Crippen LogP) is 3.84. The topological polar surface area (TPSA) is 68.9 Å². The molecule has 8 heteroatoms. The minimum atomic E-state index is -0.331. The molecule has 18 heavy (non-hydrogen) atoms. The van der Waals surface area contributed by atoms with Gasteiger partial charge < -0.3 is 0 Å². The van der Waals surface area contributed by atoms with Gasteiger partial charge in [0.2, 0.25) is 0 Å². The van der Waals surface area contributed by atoms with Gasteiger partial charge in [0.15, 0.2) is 4.34 Å². The van der Waals surface area contributed by atoms with E-state index >= 15 is 0 Å². The van der Waals surface area contributed by atoms with Gasteiger partial charge >= 0.3 is 5.00 Å². The Balaban J connectivity index is 1.84. The molecule has 1 aliphatic rings. The van der Waals surface area contributed by atoms with Crippen LogP contribution in [-0.4, -0.2) is 15.1 Å². The Morgan fingerprint density at radius 3 is 2.89 bits per heavy atom. The summed E-state index contributed by atoms with van der Waals surface area (Å²) in [5.41, 5.74) is 0. The second-order valence-corrected chi connectivity index (χ2v) is 7.60. The van der Waals surface area contributed by atoms with Crippen LogP contribution >= 0.6 is 34.4 Å². The summed E-state index contributed by atoms with van der Waals surface area (Å²) >= 11 is 4.10. The van der Waals surface area contributed by atoms with E-state index in [2.05, 4.69) is 10.2 Å². The molecule has 0 bridgehead atoms. The molecule has 0 unspecified atom stereocenters. The number of thiophene rings is 1. The van der Waals surface area contributed by atoms with Gasteiger partial charge in [0.25, 0.3) is 0 Å². The molecule has 1 saturated carbocycles. The van der Waals surface area contributed by atoms with Gasteiger partial charge in [-0.25, -0.2) is 0 Å². The van der Waals surface area contributed by atoms with Gasteiger partial charge in [-0.15, -0.1) is 10.2 Å². The number of aromatic nitrogens is 2. The molecule has 0 radical (unpaired) electrons. The van der Waals surface area contributed by atoms with Crippen molar-refractivity contribution >= 4 is 39.4 Å². The van der Waals surface area contributed by atoms with Crippen LogP contribution in [0.1, 0.15) is 28.6 Å². The SMILES string of the molecule is Cc1cc(Sc2nnc(C3CC3)s2)c([N+](=O)[O-])s1. The summed E-state index contributed by atoms with van der Waals surface area (Å²) < 4.78 is 0.790. The molecular weight excluding hydrogens is 290 g/mol. The van der Waals surface area contributed by atoms with E-state index in [1.165, 1.54) is 35.9 Å². The third kappa shape index (κ3) is 2.40. The maximum absolute atomic E-state index is 10.9. The van der Waals surface area contributed by atoms with Crippen molar-refractivity contribution in [2.45, 2.75) is 34.9 Å². The lowest BCUT2D eigenvalue weighted by atomic mass is 10.5. The van der Waals surface area contributed by atoms with Crippen LogP contribution in [-0.2, 0) is 0 Å². The zero-order valence-electron chi connectivity index (χ0n) is 9.45. The summed E-state index contributed by atoms with van der Waals surface area (Å²) in [5.74, 6) is 0.580. The molecular formula is C10H9N3O2S3. The summed E-state index contributed by atoms with van der Waals surface area (Å²) in [6.45, 7) is 1.87. The van der Waals surface area contributed by atoms with Gasteiger partial charge in [0, 0.05) is 10.8 Å². The number of nitrogens with zero attached hydrogens (tertiary/aromatic N) is 3. The van der Waals surface area contributed by atoms with Crippen LogP contribution in [0.2, 0.25) is 0 Å². The molecule has 2 aromatic heterocycles. The van der Waals surface area contributed by atoms with E-state index in [4.69, 9.17) is 0 Å². The summed E-state index contributed by atoms with van der Waals surface area (Å²) in [5, 5.41) is 20.4. The second-order valence-electron chi connectivity index (χ2n) is 4.07. The molecule has 2 heterocycles. The minimum Gasteiger partial charge on any atom is -0.258 e. The van der Waals surface area contributed by atoms with E-state index in [0.717, 1.165) is 14.2 Å². The molecule has 94 valence electrons. The molecule has 5 nitrogen and oxygen atoms in total. The average molecular weight is 299 g/mol. The molecule has 1 fully saturated rings. The number of rotatable bonds is 4. The Labute approximate surface area is 115 Å². The first kappa shape index (κ1) is 12.1. The highest BCUT2D eigenvalue weighted by Crippen LogP contribution is 2.45. The lowest BCUT2D eigenvalue weighted by Gasteiger charge is -1.91. The summed E-state index contributed by atoms with van der Waals surface area (Å²) in [7, 11) is 0. The zero-order valence-corrected chi connectivity index (χ0v) is 11.9. The van der Waals surface area contributed by atoms with Crippen molar-refractivity contribution in [2.75, 3.05) is 0 Å². The molecule has 0 aromatic carbocycles. The highest BCUT2D eigenvalue weighted by Gasteiger charge is 2.28. The molecule has 0 aliphatic heterocycles. The first-order valence-electron chi connectivity index (χ1n) is 5.39. The fourth-order valence-corrected chi connectivity index (χ4v) is 4.67. The molecule has 2 aromatic rings. The van der Waals surface area contributed by atoms with E-state index in [-0.39, 0.29) is 9.92 Å². The molecule has 1 aliphatic carbocycles. The molecule has 0 amide bonds. The van der Waals surface area contributed by atoms with Crippen LogP contribution in [0.3, 0.4) is 0 Å². The van der Waals surface area contributed by atoms with Gasteiger partial charge in [0.1, 0.15) is 9.90 Å². The van der Waals surface area contributed by atoms with Crippen molar-refractivity contribution in [1.29, 1.82) is 0 Å². The molecule has 3 rings (SSSR count). The van der Waals surface area contributed by atoms with Gasteiger partial charge in [-0.3, -0.25) is 10.1 Å². The molecule has 0 saturated heterocycles. The van der Waals surface area contributed by atoms with E-state index < -0.39 is 0 Å². The zero-order chi connectivity index (χ0) is 12.7. The van der Waals surface area contributed by atoms with Crippen molar-refractivity contribution in [3.63, 3.8) is 0 Å². The van der Waals surface area contributed by atoms with Gasteiger partial charge in [-0.2, -0.15) is 0 Å². The highest BCUT2D eigenvalue weighted by atomic mass is 32.2. The highest BCUT2D eigenvalue weighted by molar-refractivity contribution is 8.01. The Bertz CT molecular complexity index is 603. The third-order valence-corrected chi connectivity index (χ3v) is 5.81. The van der Waals surface area contributed by atoms with Crippen LogP contribution in [0.4, 0.5) is 5.00 Å². The summed E-state index contributed by atoms with van der Waals surface area (Å²) in [4.78, 5) is 12.2. The molecule has 0 spiro atoms. The van der Waals surface area contributed by atoms with Crippen molar-refractivity contribution in [1.82, 2.24) is 10.2 Å². The maximum atomic E-state index is 10.9. The largest absolute Gasteiger partial charge is 0.338 e. The smallest absolute Gasteiger partial charge is 0.258 e. The Morgan fingerprint density at radius 1 is 1.44 bits per heavy atom. The van der Waals surface area contributed by atoms with Gasteiger partial charge in [0.05, 0.1) is 4.92 Å². The maximum Gasteiger partial charge on any atom is 0.338 e. The Kier molecular flexibility index (Phi) is 3.08. The molecule has 0 atom stereocenters. The fourth-order valence-electron chi connectivity index (χ4n) is 1.53. The average Bonchev–Trinajstić information content (AvgIpc) is 2.95. The Hall–Kier alpha value is -0.990. The van der Waals surface area contributed by atoms with E-state index in [9.17, 15) is 10.1 Å². The standard InChI is InChI=1S/C10H9N3O2S3/c1-5-4-7(9(16-5)13(14)15)17-10-12-11-8(18-10)6-2-3-6/h4,6H,2-3H2,1H3. The van der Waals surface area contributed by atoms with E-state index in [1.54, 1.807) is 11.3 Å². The number of hydrogen-bond donors (Lipinski definition) is 0. The quantitative estimate of drug-likeness (QED) is 0.633. The van der Waals surface area contributed by atoms with Crippen LogP contribution < -0.4 is 0 Å². The van der Waals surface area contributed by atoms with Gasteiger partial charge in [-0.1, -0.05) is 22.7 Å². The second kappa shape index (κ2) is 4.60. The fraction of sp³-hybridized carbons (Fsp3) is 0.400. The summed E-state index contributed by atoms with van der Waals surface area (Å²) in [6, 6.07) is 1.84. The van der Waals surface area contributed by atoms with Crippen molar-refractivity contribution in [2.24, 2.45) is 0 Å².